The molecule has 134 valence electrons. The zero-order valence-electron chi connectivity index (χ0n) is 13.9. The third kappa shape index (κ3) is 7.45. The van der Waals surface area contributed by atoms with Gasteiger partial charge in [-0.05, 0) is 30.5 Å². The molecule has 0 bridgehead atoms. The molecular formula is C16H20N4O2S3. The number of nitrogens with two attached hydrogens (primary N) is 1. The number of nitrogens with zero attached hydrogens (tertiary/aromatic N) is 2. The number of primary amides is 1. The zero-order valence-corrected chi connectivity index (χ0v) is 16.3. The largest absolute Gasteiger partial charge is 0.369 e. The van der Waals surface area contributed by atoms with Crippen molar-refractivity contribution in [3.63, 3.8) is 0 Å². The molecule has 0 saturated carbocycles. The Labute approximate surface area is 159 Å². The smallest absolute Gasteiger partial charge is 0.234 e. The van der Waals surface area contributed by atoms with Crippen molar-refractivity contribution in [3.05, 3.63) is 29.8 Å². The Morgan fingerprint density at radius 2 is 1.76 bits per heavy atom. The fraction of sp³-hybridized carbons (Fsp3) is 0.375. The van der Waals surface area contributed by atoms with Crippen LogP contribution in [0.4, 0.5) is 5.69 Å². The molecule has 0 aliphatic rings. The van der Waals surface area contributed by atoms with Crippen molar-refractivity contribution >= 4 is 52.4 Å². The first-order valence-electron chi connectivity index (χ1n) is 7.83. The SMILES string of the molecule is CCCCc1ccc(NC(=O)CSc2nnc(SCC(N)=O)s2)cc1. The normalized spacial score (nSPS) is 10.6. The van der Waals surface area contributed by atoms with E-state index in [0.29, 0.717) is 8.68 Å². The topological polar surface area (TPSA) is 98.0 Å². The number of aromatic nitrogens is 2. The molecule has 3 N–H and O–H groups in total. The Bertz CT molecular complexity index is 704. The summed E-state index contributed by atoms with van der Waals surface area (Å²) >= 11 is 3.92. The van der Waals surface area contributed by atoms with Gasteiger partial charge in [0.1, 0.15) is 0 Å². The maximum absolute atomic E-state index is 12.0. The first-order valence-corrected chi connectivity index (χ1v) is 10.6. The molecule has 0 spiro atoms. The van der Waals surface area contributed by atoms with E-state index in [2.05, 4.69) is 22.4 Å². The van der Waals surface area contributed by atoms with Gasteiger partial charge in [-0.25, -0.2) is 0 Å². The molecule has 1 aromatic heterocycles. The summed E-state index contributed by atoms with van der Waals surface area (Å²) in [5.74, 6) is -0.0527. The first kappa shape index (κ1) is 19.7. The van der Waals surface area contributed by atoms with E-state index in [4.69, 9.17) is 5.73 Å². The Morgan fingerprint density at radius 1 is 1.12 bits per heavy atom. The first-order chi connectivity index (χ1) is 12.1. The number of carbonyl (C=O) groups is 2. The van der Waals surface area contributed by atoms with E-state index in [1.54, 1.807) is 0 Å². The lowest BCUT2D eigenvalue weighted by molar-refractivity contribution is -0.115. The molecule has 0 aliphatic carbocycles. The Morgan fingerprint density at radius 3 is 2.36 bits per heavy atom. The number of hydrogen-bond acceptors (Lipinski definition) is 7. The van der Waals surface area contributed by atoms with E-state index in [1.165, 1.54) is 53.3 Å². The van der Waals surface area contributed by atoms with Crippen molar-refractivity contribution in [2.75, 3.05) is 16.8 Å². The molecule has 0 unspecified atom stereocenters. The molecule has 2 aromatic rings. The maximum atomic E-state index is 12.0. The summed E-state index contributed by atoms with van der Waals surface area (Å²) in [4.78, 5) is 22.8. The van der Waals surface area contributed by atoms with E-state index in [-0.39, 0.29) is 17.4 Å². The average molecular weight is 397 g/mol. The van der Waals surface area contributed by atoms with Gasteiger partial charge in [0.2, 0.25) is 11.8 Å². The third-order valence-corrected chi connectivity index (χ3v) is 6.32. The van der Waals surface area contributed by atoms with E-state index in [9.17, 15) is 9.59 Å². The molecule has 2 amide bonds. The van der Waals surface area contributed by atoms with Gasteiger partial charge in [-0.1, -0.05) is 60.3 Å². The minimum atomic E-state index is -0.394. The molecule has 2 rings (SSSR count). The number of nitrogens with one attached hydrogen (secondary N) is 1. The van der Waals surface area contributed by atoms with Crippen LogP contribution in [0.15, 0.2) is 32.9 Å². The van der Waals surface area contributed by atoms with Crippen LogP contribution in [0.2, 0.25) is 0 Å². The zero-order chi connectivity index (χ0) is 18.1. The van der Waals surface area contributed by atoms with Gasteiger partial charge in [0.15, 0.2) is 8.68 Å². The third-order valence-electron chi connectivity index (χ3n) is 3.11. The van der Waals surface area contributed by atoms with Crippen LogP contribution in [-0.4, -0.2) is 33.5 Å². The Kier molecular flexibility index (Phi) is 8.23. The summed E-state index contributed by atoms with van der Waals surface area (Å²) < 4.78 is 1.36. The second-order valence-corrected chi connectivity index (χ2v) is 8.65. The molecule has 0 radical (unpaired) electrons. The molecule has 9 heteroatoms. The second kappa shape index (κ2) is 10.4. The van der Waals surface area contributed by atoms with Crippen molar-refractivity contribution in [1.82, 2.24) is 10.2 Å². The van der Waals surface area contributed by atoms with Gasteiger partial charge in [-0.15, -0.1) is 10.2 Å². The van der Waals surface area contributed by atoms with Crippen LogP contribution in [0.3, 0.4) is 0 Å². The number of benzene rings is 1. The summed E-state index contributed by atoms with van der Waals surface area (Å²) in [5.41, 5.74) is 7.16. The minimum Gasteiger partial charge on any atom is -0.369 e. The Balaban J connectivity index is 1.75. The fourth-order valence-electron chi connectivity index (χ4n) is 1.91. The van der Waals surface area contributed by atoms with Crippen LogP contribution in [-0.2, 0) is 16.0 Å². The van der Waals surface area contributed by atoms with Gasteiger partial charge in [0.05, 0.1) is 11.5 Å². The van der Waals surface area contributed by atoms with Gasteiger partial charge in [-0.3, -0.25) is 9.59 Å². The van der Waals surface area contributed by atoms with E-state index in [0.717, 1.165) is 12.1 Å². The van der Waals surface area contributed by atoms with Crippen LogP contribution >= 0.6 is 34.9 Å². The van der Waals surface area contributed by atoms with Crippen LogP contribution in [0.1, 0.15) is 25.3 Å². The molecule has 0 aliphatic heterocycles. The second-order valence-electron chi connectivity index (χ2n) is 5.23. The summed E-state index contributed by atoms with van der Waals surface area (Å²) in [6.07, 6.45) is 3.40. The molecule has 0 fully saturated rings. The highest BCUT2D eigenvalue weighted by molar-refractivity contribution is 8.03. The van der Waals surface area contributed by atoms with E-state index >= 15 is 0 Å². The van der Waals surface area contributed by atoms with E-state index in [1.807, 2.05) is 24.3 Å². The van der Waals surface area contributed by atoms with Crippen molar-refractivity contribution in [2.24, 2.45) is 5.73 Å². The highest BCUT2D eigenvalue weighted by Gasteiger charge is 2.10. The number of rotatable bonds is 10. The predicted molar refractivity (Wildman–Crippen MR) is 104 cm³/mol. The highest BCUT2D eigenvalue weighted by atomic mass is 32.2. The number of anilines is 1. The number of unbranched alkanes of at least 4 members (excludes halogenated alkanes) is 1. The lowest BCUT2D eigenvalue weighted by Crippen LogP contribution is -2.13. The van der Waals surface area contributed by atoms with Crippen LogP contribution in [0, 0.1) is 0 Å². The summed E-state index contributed by atoms with van der Waals surface area (Å²) in [6, 6.07) is 7.95. The van der Waals surface area contributed by atoms with Crippen LogP contribution in [0.25, 0.3) is 0 Å². The monoisotopic (exact) mass is 396 g/mol. The quantitative estimate of drug-likeness (QED) is 0.599. The number of aryl methyl sites for hydroxylation is 1. The molecule has 0 saturated heterocycles. The number of amides is 2. The summed E-state index contributed by atoms with van der Waals surface area (Å²) in [5, 5.41) is 10.8. The molecule has 6 nitrogen and oxygen atoms in total. The minimum absolute atomic E-state index is 0.0900. The van der Waals surface area contributed by atoms with Crippen LogP contribution in [0.5, 0.6) is 0 Å². The van der Waals surface area contributed by atoms with Crippen molar-refractivity contribution in [1.29, 1.82) is 0 Å². The standard InChI is InChI=1S/C16H20N4O2S3/c1-2-3-4-11-5-7-12(8-6-11)18-14(22)10-24-16-20-19-15(25-16)23-9-13(17)21/h5-8H,2-4,9-10H2,1H3,(H2,17,21)(H,18,22). The number of carbonyl (C=O) groups excluding carboxylic acids is 2. The molecule has 0 atom stereocenters. The molecule has 1 heterocycles. The van der Waals surface area contributed by atoms with Gasteiger partial charge in [-0.2, -0.15) is 0 Å². The average Bonchev–Trinajstić information content (AvgIpc) is 3.05. The van der Waals surface area contributed by atoms with Crippen LogP contribution < -0.4 is 11.1 Å². The lowest BCUT2D eigenvalue weighted by Gasteiger charge is -2.05. The maximum Gasteiger partial charge on any atom is 0.234 e. The van der Waals surface area contributed by atoms with Gasteiger partial charge in [0, 0.05) is 5.69 Å². The summed E-state index contributed by atoms with van der Waals surface area (Å²) in [7, 11) is 0. The van der Waals surface area contributed by atoms with E-state index < -0.39 is 5.91 Å². The van der Waals surface area contributed by atoms with Crippen molar-refractivity contribution in [2.45, 2.75) is 34.9 Å². The van der Waals surface area contributed by atoms with Gasteiger partial charge >= 0.3 is 0 Å². The number of hydrogen-bond donors (Lipinski definition) is 2. The Hall–Kier alpha value is -1.58. The molecule has 1 aromatic carbocycles. The highest BCUT2D eigenvalue weighted by Crippen LogP contribution is 2.28. The fourth-order valence-corrected chi connectivity index (χ4v) is 4.47. The number of thioether (sulfide) groups is 2. The summed E-state index contributed by atoms with van der Waals surface area (Å²) in [6.45, 7) is 2.17. The van der Waals surface area contributed by atoms with Crippen molar-refractivity contribution < 1.29 is 9.59 Å². The van der Waals surface area contributed by atoms with Crippen molar-refractivity contribution in [3.8, 4) is 0 Å². The van der Waals surface area contributed by atoms with Gasteiger partial charge < -0.3 is 11.1 Å². The molecular weight excluding hydrogens is 376 g/mol. The lowest BCUT2D eigenvalue weighted by atomic mass is 10.1. The molecule has 25 heavy (non-hydrogen) atoms. The van der Waals surface area contributed by atoms with Gasteiger partial charge in [0.25, 0.3) is 0 Å². The predicted octanol–water partition coefficient (Wildman–Crippen LogP) is 3.19.